The van der Waals surface area contributed by atoms with Gasteiger partial charge in [-0.05, 0) is 30.2 Å². The summed E-state index contributed by atoms with van der Waals surface area (Å²) in [5.74, 6) is -1.19. The highest BCUT2D eigenvalue weighted by Gasteiger charge is 2.27. The zero-order chi connectivity index (χ0) is 14.5. The Morgan fingerprint density at radius 1 is 1.30 bits per heavy atom. The van der Waals surface area contributed by atoms with Crippen molar-refractivity contribution >= 4 is 23.6 Å². The van der Waals surface area contributed by atoms with E-state index in [1.165, 1.54) is 6.08 Å². The fourth-order valence-electron chi connectivity index (χ4n) is 1.99. The number of anilines is 1. The molecule has 0 radical (unpaired) electrons. The highest BCUT2D eigenvalue weighted by atomic mass is 16.4. The number of carbonyl (C=O) groups excluding carboxylic acids is 1. The van der Waals surface area contributed by atoms with Gasteiger partial charge in [-0.25, -0.2) is 4.79 Å². The Morgan fingerprint density at radius 2 is 2.00 bits per heavy atom. The molecule has 0 spiro atoms. The lowest BCUT2D eigenvalue weighted by Crippen LogP contribution is -2.35. The molecular formula is C14H16N2O4. The highest BCUT2D eigenvalue weighted by molar-refractivity contribution is 5.95. The quantitative estimate of drug-likeness (QED) is 0.598. The first-order chi connectivity index (χ1) is 9.54. The largest absolute Gasteiger partial charge is 0.478 e. The molecule has 1 aliphatic rings. The maximum atomic E-state index is 11.9. The summed E-state index contributed by atoms with van der Waals surface area (Å²) in [5.41, 5.74) is 1.37. The van der Waals surface area contributed by atoms with E-state index in [0.29, 0.717) is 18.7 Å². The average Bonchev–Trinajstić information content (AvgIpc) is 2.85. The Bertz CT molecular complexity index is 524. The minimum atomic E-state index is -1.01. The summed E-state index contributed by atoms with van der Waals surface area (Å²) < 4.78 is 0. The summed E-state index contributed by atoms with van der Waals surface area (Å²) in [7, 11) is 0. The monoisotopic (exact) mass is 276 g/mol. The number of aliphatic hydroxyl groups is 1. The zero-order valence-electron chi connectivity index (χ0n) is 10.7. The maximum Gasteiger partial charge on any atom is 0.328 e. The van der Waals surface area contributed by atoms with Crippen LogP contribution in [0.5, 0.6) is 0 Å². The number of benzene rings is 1. The molecule has 1 fully saturated rings. The number of hydrogen-bond acceptors (Lipinski definition) is 4. The second-order valence-corrected chi connectivity index (χ2v) is 4.63. The fourth-order valence-corrected chi connectivity index (χ4v) is 1.99. The first kappa shape index (κ1) is 14.2. The van der Waals surface area contributed by atoms with Crippen molar-refractivity contribution in [3.63, 3.8) is 0 Å². The lowest BCUT2D eigenvalue weighted by molar-refractivity contribution is -0.131. The molecule has 20 heavy (non-hydrogen) atoms. The molecule has 1 heterocycles. The van der Waals surface area contributed by atoms with Gasteiger partial charge in [-0.3, -0.25) is 4.79 Å². The van der Waals surface area contributed by atoms with Crippen LogP contribution in [-0.2, 0) is 9.59 Å². The van der Waals surface area contributed by atoms with E-state index in [-0.39, 0.29) is 11.9 Å². The summed E-state index contributed by atoms with van der Waals surface area (Å²) in [6.07, 6.45) is 2.46. The summed E-state index contributed by atoms with van der Waals surface area (Å²) in [6.45, 7) is 0.428. The molecule has 106 valence electrons. The van der Waals surface area contributed by atoms with Crippen molar-refractivity contribution in [2.45, 2.75) is 18.6 Å². The van der Waals surface area contributed by atoms with Gasteiger partial charge >= 0.3 is 5.97 Å². The highest BCUT2D eigenvalue weighted by Crippen LogP contribution is 2.13. The van der Waals surface area contributed by atoms with Crippen molar-refractivity contribution in [3.05, 3.63) is 35.9 Å². The van der Waals surface area contributed by atoms with Gasteiger partial charge in [-0.2, -0.15) is 0 Å². The van der Waals surface area contributed by atoms with Crippen molar-refractivity contribution in [2.24, 2.45) is 0 Å². The standard InChI is InChI=1S/C14H16N2O4/c17-11-7-12(15-8-11)14(20)16-10-4-1-9(2-5-10)3-6-13(18)19/h1-6,11-12,15,17H,7-8H2,(H,16,20)(H,18,19)/b6-3+. The minimum Gasteiger partial charge on any atom is -0.478 e. The number of carboxylic acid groups (broad SMARTS) is 1. The van der Waals surface area contributed by atoms with Gasteiger partial charge in [0.25, 0.3) is 0 Å². The van der Waals surface area contributed by atoms with Gasteiger partial charge in [0.2, 0.25) is 5.91 Å². The number of aliphatic carboxylic acids is 1. The number of aliphatic hydroxyl groups excluding tert-OH is 1. The van der Waals surface area contributed by atoms with E-state index in [4.69, 9.17) is 5.11 Å². The molecule has 2 atom stereocenters. The average molecular weight is 276 g/mol. The first-order valence-corrected chi connectivity index (χ1v) is 6.28. The first-order valence-electron chi connectivity index (χ1n) is 6.28. The lowest BCUT2D eigenvalue weighted by atomic mass is 10.1. The molecule has 1 saturated heterocycles. The molecule has 6 heteroatoms. The van der Waals surface area contributed by atoms with Gasteiger partial charge in [0.05, 0.1) is 12.1 Å². The molecule has 2 rings (SSSR count). The molecule has 0 bridgehead atoms. The molecule has 1 aromatic rings. The van der Waals surface area contributed by atoms with E-state index in [1.54, 1.807) is 24.3 Å². The van der Waals surface area contributed by atoms with E-state index < -0.39 is 12.1 Å². The van der Waals surface area contributed by atoms with Crippen LogP contribution in [0.1, 0.15) is 12.0 Å². The van der Waals surface area contributed by atoms with Crippen molar-refractivity contribution in [2.75, 3.05) is 11.9 Å². The van der Waals surface area contributed by atoms with Gasteiger partial charge in [0, 0.05) is 18.3 Å². The lowest BCUT2D eigenvalue weighted by Gasteiger charge is -2.11. The number of β-amino-alcohol motifs (C(OH)–C–C–N with tert-alkyl or cyclic N) is 1. The van der Waals surface area contributed by atoms with Crippen LogP contribution >= 0.6 is 0 Å². The number of amides is 1. The molecule has 1 aromatic carbocycles. The topological polar surface area (TPSA) is 98.7 Å². The SMILES string of the molecule is O=C(O)/C=C/c1ccc(NC(=O)C2CC(O)CN2)cc1. The predicted octanol–water partition coefficient (Wildman–Crippen LogP) is 0.446. The van der Waals surface area contributed by atoms with Crippen LogP contribution in [0, 0.1) is 0 Å². The van der Waals surface area contributed by atoms with Crippen molar-refractivity contribution in [1.29, 1.82) is 0 Å². The second-order valence-electron chi connectivity index (χ2n) is 4.63. The molecule has 2 unspecified atom stereocenters. The zero-order valence-corrected chi connectivity index (χ0v) is 10.7. The normalized spacial score (nSPS) is 22.1. The Hall–Kier alpha value is -2.18. The summed E-state index contributed by atoms with van der Waals surface area (Å²) >= 11 is 0. The molecule has 0 saturated carbocycles. The molecule has 1 aliphatic heterocycles. The Balaban J connectivity index is 1.93. The molecular weight excluding hydrogens is 260 g/mol. The van der Waals surface area contributed by atoms with Crippen LogP contribution in [0.25, 0.3) is 6.08 Å². The third-order valence-electron chi connectivity index (χ3n) is 3.02. The summed E-state index contributed by atoms with van der Waals surface area (Å²) in [5, 5.41) is 23.6. The van der Waals surface area contributed by atoms with Crippen molar-refractivity contribution in [1.82, 2.24) is 5.32 Å². The fraction of sp³-hybridized carbons (Fsp3) is 0.286. The minimum absolute atomic E-state index is 0.185. The molecule has 1 amide bonds. The molecule has 0 aliphatic carbocycles. The second kappa shape index (κ2) is 6.31. The summed E-state index contributed by atoms with van der Waals surface area (Å²) in [6, 6.07) is 6.45. The van der Waals surface area contributed by atoms with Gasteiger partial charge in [-0.1, -0.05) is 12.1 Å². The van der Waals surface area contributed by atoms with E-state index in [1.807, 2.05) is 0 Å². The van der Waals surface area contributed by atoms with E-state index in [0.717, 1.165) is 11.6 Å². The smallest absolute Gasteiger partial charge is 0.328 e. The summed E-state index contributed by atoms with van der Waals surface area (Å²) in [4.78, 5) is 22.3. The number of carbonyl (C=O) groups is 2. The molecule has 4 N–H and O–H groups in total. The number of nitrogens with one attached hydrogen (secondary N) is 2. The number of hydrogen-bond donors (Lipinski definition) is 4. The number of carboxylic acids is 1. The van der Waals surface area contributed by atoms with Gasteiger partial charge in [0.15, 0.2) is 0 Å². The van der Waals surface area contributed by atoms with Crippen molar-refractivity contribution in [3.8, 4) is 0 Å². The van der Waals surface area contributed by atoms with Crippen LogP contribution < -0.4 is 10.6 Å². The number of rotatable bonds is 4. The van der Waals surface area contributed by atoms with E-state index >= 15 is 0 Å². The van der Waals surface area contributed by atoms with Crippen LogP contribution in [0.4, 0.5) is 5.69 Å². The Morgan fingerprint density at radius 3 is 2.55 bits per heavy atom. The molecule has 0 aromatic heterocycles. The van der Waals surface area contributed by atoms with Gasteiger partial charge in [0.1, 0.15) is 0 Å². The van der Waals surface area contributed by atoms with Gasteiger partial charge < -0.3 is 20.8 Å². The van der Waals surface area contributed by atoms with E-state index in [2.05, 4.69) is 10.6 Å². The van der Waals surface area contributed by atoms with Crippen molar-refractivity contribution < 1.29 is 19.8 Å². The van der Waals surface area contributed by atoms with Crippen LogP contribution in [0.3, 0.4) is 0 Å². The van der Waals surface area contributed by atoms with Crippen LogP contribution in [0.15, 0.2) is 30.3 Å². The van der Waals surface area contributed by atoms with Crippen LogP contribution in [-0.4, -0.2) is 40.8 Å². The third kappa shape index (κ3) is 3.91. The van der Waals surface area contributed by atoms with E-state index in [9.17, 15) is 14.7 Å². The van der Waals surface area contributed by atoms with Gasteiger partial charge in [-0.15, -0.1) is 0 Å². The third-order valence-corrected chi connectivity index (χ3v) is 3.02. The molecule has 6 nitrogen and oxygen atoms in total. The predicted molar refractivity (Wildman–Crippen MR) is 74.2 cm³/mol. The Kier molecular flexibility index (Phi) is 4.49. The van der Waals surface area contributed by atoms with Crippen LogP contribution in [0.2, 0.25) is 0 Å². The Labute approximate surface area is 116 Å². The maximum absolute atomic E-state index is 11.9.